The van der Waals surface area contributed by atoms with Gasteiger partial charge in [-0.2, -0.15) is 0 Å². The first kappa shape index (κ1) is 9.27. The molecule has 0 atom stereocenters. The third-order valence-electron chi connectivity index (χ3n) is 2.46. The van der Waals surface area contributed by atoms with E-state index in [0.717, 1.165) is 6.07 Å². The van der Waals surface area contributed by atoms with Crippen molar-refractivity contribution in [3.8, 4) is 11.5 Å². The zero-order valence-electron chi connectivity index (χ0n) is 7.50. The van der Waals surface area contributed by atoms with Crippen molar-refractivity contribution in [3.63, 3.8) is 0 Å². The van der Waals surface area contributed by atoms with E-state index >= 15 is 0 Å². The smallest absolute Gasteiger partial charge is 0.194 e. The fraction of sp³-hybridized carbons (Fsp3) is 0.400. The highest BCUT2D eigenvalue weighted by molar-refractivity contribution is 5.42. The molecular formula is C10H11FO3. The van der Waals surface area contributed by atoms with Crippen LogP contribution in [0.15, 0.2) is 12.1 Å². The molecule has 3 N–H and O–H groups in total. The molecule has 0 amide bonds. The zero-order chi connectivity index (χ0) is 10.3. The highest BCUT2D eigenvalue weighted by Gasteiger charge is 2.40. The van der Waals surface area contributed by atoms with Gasteiger partial charge >= 0.3 is 0 Å². The molecule has 4 heteroatoms. The van der Waals surface area contributed by atoms with Crippen molar-refractivity contribution in [1.82, 2.24) is 0 Å². The van der Waals surface area contributed by atoms with Crippen molar-refractivity contribution in [2.75, 3.05) is 0 Å². The fourth-order valence-corrected chi connectivity index (χ4v) is 1.44. The van der Waals surface area contributed by atoms with Gasteiger partial charge in [-0.05, 0) is 30.5 Å². The SMILES string of the molecule is Oc1cc(CC2(O)CC2)cc(F)c1O. The Balaban J connectivity index is 2.26. The molecule has 1 saturated carbocycles. The topological polar surface area (TPSA) is 60.7 Å². The average Bonchev–Trinajstić information content (AvgIpc) is 2.79. The Hall–Kier alpha value is -1.29. The maximum atomic E-state index is 12.9. The molecule has 76 valence electrons. The van der Waals surface area contributed by atoms with E-state index in [4.69, 9.17) is 10.2 Å². The van der Waals surface area contributed by atoms with E-state index in [9.17, 15) is 9.50 Å². The Labute approximate surface area is 80.4 Å². The summed E-state index contributed by atoms with van der Waals surface area (Å²) < 4.78 is 12.9. The van der Waals surface area contributed by atoms with Crippen LogP contribution in [0.5, 0.6) is 11.5 Å². The van der Waals surface area contributed by atoms with Crippen LogP contribution in [0.4, 0.5) is 4.39 Å². The van der Waals surface area contributed by atoms with Gasteiger partial charge in [-0.25, -0.2) is 4.39 Å². The third kappa shape index (κ3) is 1.65. The molecule has 1 aromatic rings. The van der Waals surface area contributed by atoms with Crippen LogP contribution in [0.1, 0.15) is 18.4 Å². The second kappa shape index (κ2) is 2.85. The van der Waals surface area contributed by atoms with E-state index in [1.165, 1.54) is 6.07 Å². The lowest BCUT2D eigenvalue weighted by atomic mass is 10.1. The van der Waals surface area contributed by atoms with Crippen molar-refractivity contribution in [1.29, 1.82) is 0 Å². The molecule has 0 heterocycles. The Morgan fingerprint density at radius 2 is 1.93 bits per heavy atom. The Bertz CT molecular complexity index is 349. The minimum absolute atomic E-state index is 0.317. The van der Waals surface area contributed by atoms with Crippen LogP contribution in [0.25, 0.3) is 0 Å². The molecule has 0 spiro atoms. The van der Waals surface area contributed by atoms with E-state index in [1.807, 2.05) is 0 Å². The van der Waals surface area contributed by atoms with E-state index < -0.39 is 22.9 Å². The highest BCUT2D eigenvalue weighted by Crippen LogP contribution is 2.39. The van der Waals surface area contributed by atoms with Gasteiger partial charge in [-0.3, -0.25) is 0 Å². The summed E-state index contributed by atoms with van der Waals surface area (Å²) in [5, 5.41) is 27.7. The first-order valence-electron chi connectivity index (χ1n) is 4.43. The molecule has 0 aliphatic heterocycles. The van der Waals surface area contributed by atoms with Crippen LogP contribution >= 0.6 is 0 Å². The maximum Gasteiger partial charge on any atom is 0.194 e. The summed E-state index contributed by atoms with van der Waals surface area (Å²) >= 11 is 0. The second-order valence-electron chi connectivity index (χ2n) is 3.85. The Kier molecular flexibility index (Phi) is 1.89. The Morgan fingerprint density at radius 3 is 2.43 bits per heavy atom. The first-order chi connectivity index (χ1) is 6.50. The number of hydrogen-bond donors (Lipinski definition) is 3. The fourth-order valence-electron chi connectivity index (χ4n) is 1.44. The van der Waals surface area contributed by atoms with Gasteiger partial charge in [0.15, 0.2) is 17.3 Å². The monoisotopic (exact) mass is 198 g/mol. The van der Waals surface area contributed by atoms with Crippen molar-refractivity contribution >= 4 is 0 Å². The van der Waals surface area contributed by atoms with Crippen molar-refractivity contribution in [2.45, 2.75) is 24.9 Å². The lowest BCUT2D eigenvalue weighted by Gasteiger charge is -2.08. The molecular weight excluding hydrogens is 187 g/mol. The van der Waals surface area contributed by atoms with Gasteiger partial charge in [0.1, 0.15) is 0 Å². The summed E-state index contributed by atoms with van der Waals surface area (Å²) in [6, 6.07) is 2.40. The molecule has 0 radical (unpaired) electrons. The van der Waals surface area contributed by atoms with E-state index in [1.54, 1.807) is 0 Å². The lowest BCUT2D eigenvalue weighted by molar-refractivity contribution is 0.150. The summed E-state index contributed by atoms with van der Waals surface area (Å²) in [6.07, 6.45) is 1.73. The summed E-state index contributed by atoms with van der Waals surface area (Å²) in [4.78, 5) is 0. The van der Waals surface area contributed by atoms with Gasteiger partial charge in [-0.1, -0.05) is 0 Å². The number of phenols is 2. The van der Waals surface area contributed by atoms with Gasteiger partial charge in [0.2, 0.25) is 0 Å². The second-order valence-corrected chi connectivity index (χ2v) is 3.85. The van der Waals surface area contributed by atoms with Crippen molar-refractivity contribution < 1.29 is 19.7 Å². The molecule has 1 fully saturated rings. The quantitative estimate of drug-likeness (QED) is 0.628. The van der Waals surface area contributed by atoms with Crippen molar-refractivity contribution in [2.24, 2.45) is 0 Å². The van der Waals surface area contributed by atoms with Crippen LogP contribution in [-0.2, 0) is 6.42 Å². The number of rotatable bonds is 2. The van der Waals surface area contributed by atoms with Crippen molar-refractivity contribution in [3.05, 3.63) is 23.5 Å². The number of aromatic hydroxyl groups is 2. The summed E-state index contributed by atoms with van der Waals surface area (Å²) in [6.45, 7) is 0. The summed E-state index contributed by atoms with van der Waals surface area (Å²) in [7, 11) is 0. The molecule has 14 heavy (non-hydrogen) atoms. The third-order valence-corrected chi connectivity index (χ3v) is 2.46. The first-order valence-corrected chi connectivity index (χ1v) is 4.43. The van der Waals surface area contributed by atoms with Gasteiger partial charge in [0.25, 0.3) is 0 Å². The molecule has 0 saturated heterocycles. The molecule has 0 aromatic heterocycles. The number of halogens is 1. The molecule has 2 rings (SSSR count). The summed E-state index contributed by atoms with van der Waals surface area (Å²) in [5.74, 6) is -2.08. The van der Waals surface area contributed by atoms with Gasteiger partial charge < -0.3 is 15.3 Å². The molecule has 0 bridgehead atoms. The number of aliphatic hydroxyl groups is 1. The predicted octanol–water partition coefficient (Wildman–Crippen LogP) is 1.30. The van der Waals surface area contributed by atoms with Gasteiger partial charge in [0.05, 0.1) is 5.60 Å². The van der Waals surface area contributed by atoms with E-state index in [-0.39, 0.29) is 0 Å². The van der Waals surface area contributed by atoms with Crippen LogP contribution in [0.2, 0.25) is 0 Å². The largest absolute Gasteiger partial charge is 0.504 e. The minimum Gasteiger partial charge on any atom is -0.504 e. The van der Waals surface area contributed by atoms with Crippen LogP contribution in [0.3, 0.4) is 0 Å². The molecule has 1 aliphatic carbocycles. The molecule has 1 aliphatic rings. The van der Waals surface area contributed by atoms with Crippen LogP contribution in [0, 0.1) is 5.82 Å². The van der Waals surface area contributed by atoms with Crippen LogP contribution < -0.4 is 0 Å². The number of benzene rings is 1. The predicted molar refractivity (Wildman–Crippen MR) is 47.6 cm³/mol. The summed E-state index contributed by atoms with van der Waals surface area (Å²) in [5.41, 5.74) is -0.228. The highest BCUT2D eigenvalue weighted by atomic mass is 19.1. The molecule has 1 aromatic carbocycles. The average molecular weight is 198 g/mol. The van der Waals surface area contributed by atoms with Gasteiger partial charge in [0, 0.05) is 6.42 Å². The van der Waals surface area contributed by atoms with Gasteiger partial charge in [-0.15, -0.1) is 0 Å². The normalized spacial score (nSPS) is 18.1. The minimum atomic E-state index is -0.857. The zero-order valence-corrected chi connectivity index (χ0v) is 7.50. The standard InChI is InChI=1S/C10H11FO3/c11-7-3-6(4-8(12)9(7)13)5-10(14)1-2-10/h3-4,12-14H,1-2,5H2. The number of hydrogen-bond acceptors (Lipinski definition) is 3. The molecule has 3 nitrogen and oxygen atoms in total. The maximum absolute atomic E-state index is 12.9. The van der Waals surface area contributed by atoms with E-state index in [0.29, 0.717) is 24.8 Å². The Morgan fingerprint density at radius 1 is 1.29 bits per heavy atom. The van der Waals surface area contributed by atoms with E-state index in [2.05, 4.69) is 0 Å². The number of phenolic OH excluding ortho intramolecular Hbond substituents is 2. The molecule has 0 unspecified atom stereocenters. The lowest BCUT2D eigenvalue weighted by Crippen LogP contribution is -2.10. The van der Waals surface area contributed by atoms with Crippen LogP contribution in [-0.4, -0.2) is 20.9 Å².